The smallest absolute Gasteiger partial charge is 0.275 e. The number of nitrogens with two attached hydrogens (primary N) is 1. The first kappa shape index (κ1) is 14.3. The standard InChI is InChI=1S/C15H16N2O2S/c1-2-5-11-6-3-4-7-13(11)19-10-12-8-9-14(20-12)15(18)17-16/h2-4,6-9H,1,5,10,16H2,(H,17,18). The Hall–Kier alpha value is -2.11. The summed E-state index contributed by atoms with van der Waals surface area (Å²) >= 11 is 1.37. The zero-order chi connectivity index (χ0) is 14.4. The van der Waals surface area contributed by atoms with Gasteiger partial charge in [0.15, 0.2) is 0 Å². The number of thiophene rings is 1. The van der Waals surface area contributed by atoms with Gasteiger partial charge in [-0.05, 0) is 30.2 Å². The fourth-order valence-corrected chi connectivity index (χ4v) is 2.59. The minimum atomic E-state index is -0.284. The van der Waals surface area contributed by atoms with Crippen LogP contribution in [0.3, 0.4) is 0 Å². The summed E-state index contributed by atoms with van der Waals surface area (Å²) in [6, 6.07) is 11.5. The van der Waals surface area contributed by atoms with E-state index in [-0.39, 0.29) is 5.91 Å². The van der Waals surface area contributed by atoms with E-state index in [0.717, 1.165) is 22.6 Å². The number of rotatable bonds is 6. The molecule has 1 aromatic heterocycles. The summed E-state index contributed by atoms with van der Waals surface area (Å²) in [5.74, 6) is 5.65. The normalized spacial score (nSPS) is 10.1. The van der Waals surface area contributed by atoms with Gasteiger partial charge in [-0.1, -0.05) is 24.3 Å². The number of hydrogen-bond donors (Lipinski definition) is 2. The molecule has 0 spiro atoms. The van der Waals surface area contributed by atoms with E-state index in [4.69, 9.17) is 10.6 Å². The number of nitrogen functional groups attached to an aromatic ring is 1. The Kier molecular flexibility index (Phi) is 4.92. The van der Waals surface area contributed by atoms with Gasteiger partial charge in [-0.15, -0.1) is 17.9 Å². The number of amides is 1. The first-order chi connectivity index (χ1) is 9.74. The molecule has 0 saturated carbocycles. The highest BCUT2D eigenvalue weighted by molar-refractivity contribution is 7.14. The summed E-state index contributed by atoms with van der Waals surface area (Å²) in [4.78, 5) is 12.9. The lowest BCUT2D eigenvalue weighted by molar-refractivity contribution is 0.0957. The number of nitrogens with one attached hydrogen (secondary N) is 1. The maximum atomic E-state index is 11.4. The Bertz CT molecular complexity index is 607. The second-order valence-electron chi connectivity index (χ2n) is 4.13. The first-order valence-corrected chi connectivity index (χ1v) is 6.97. The van der Waals surface area contributed by atoms with Gasteiger partial charge >= 0.3 is 0 Å². The number of ether oxygens (including phenoxy) is 1. The molecule has 0 atom stereocenters. The van der Waals surface area contributed by atoms with Crippen molar-refractivity contribution in [2.24, 2.45) is 5.84 Å². The van der Waals surface area contributed by atoms with E-state index in [1.807, 2.05) is 36.4 Å². The van der Waals surface area contributed by atoms with Crippen molar-refractivity contribution >= 4 is 17.2 Å². The number of benzene rings is 1. The van der Waals surface area contributed by atoms with Gasteiger partial charge in [0, 0.05) is 4.88 Å². The van der Waals surface area contributed by atoms with E-state index in [1.54, 1.807) is 6.07 Å². The summed E-state index contributed by atoms with van der Waals surface area (Å²) in [6.45, 7) is 4.16. The third-order valence-corrected chi connectivity index (χ3v) is 3.78. The van der Waals surface area contributed by atoms with Crippen LogP contribution in [-0.4, -0.2) is 5.91 Å². The van der Waals surface area contributed by atoms with Crippen molar-refractivity contribution in [2.75, 3.05) is 0 Å². The molecule has 5 heteroatoms. The molecule has 0 aliphatic heterocycles. The predicted molar refractivity (Wildman–Crippen MR) is 80.6 cm³/mol. The summed E-state index contributed by atoms with van der Waals surface area (Å²) in [7, 11) is 0. The van der Waals surface area contributed by atoms with Gasteiger partial charge in [0.1, 0.15) is 12.4 Å². The molecule has 0 aliphatic rings. The minimum absolute atomic E-state index is 0.284. The van der Waals surface area contributed by atoms with Crippen molar-refractivity contribution in [3.63, 3.8) is 0 Å². The zero-order valence-corrected chi connectivity index (χ0v) is 11.8. The van der Waals surface area contributed by atoms with Crippen LogP contribution >= 0.6 is 11.3 Å². The highest BCUT2D eigenvalue weighted by Crippen LogP contribution is 2.22. The van der Waals surface area contributed by atoms with E-state index < -0.39 is 0 Å². The molecule has 104 valence electrons. The number of para-hydroxylation sites is 1. The second-order valence-corrected chi connectivity index (χ2v) is 5.30. The average Bonchev–Trinajstić information content (AvgIpc) is 2.95. The van der Waals surface area contributed by atoms with Crippen molar-refractivity contribution in [1.82, 2.24) is 5.43 Å². The third-order valence-electron chi connectivity index (χ3n) is 2.72. The topological polar surface area (TPSA) is 64.3 Å². The Labute approximate surface area is 121 Å². The summed E-state index contributed by atoms with van der Waals surface area (Å²) < 4.78 is 5.80. The number of hydrogen-bond acceptors (Lipinski definition) is 4. The van der Waals surface area contributed by atoms with Crippen molar-refractivity contribution < 1.29 is 9.53 Å². The molecule has 0 saturated heterocycles. The molecule has 3 N–H and O–H groups in total. The molecule has 20 heavy (non-hydrogen) atoms. The molecule has 1 aromatic carbocycles. The van der Waals surface area contributed by atoms with Gasteiger partial charge in [-0.3, -0.25) is 10.2 Å². The minimum Gasteiger partial charge on any atom is -0.488 e. The van der Waals surface area contributed by atoms with Gasteiger partial charge in [0.25, 0.3) is 5.91 Å². The highest BCUT2D eigenvalue weighted by Gasteiger charge is 2.08. The molecular weight excluding hydrogens is 272 g/mol. The van der Waals surface area contributed by atoms with Crippen molar-refractivity contribution in [2.45, 2.75) is 13.0 Å². The highest BCUT2D eigenvalue weighted by atomic mass is 32.1. The summed E-state index contributed by atoms with van der Waals surface area (Å²) in [6.07, 6.45) is 2.61. The van der Waals surface area contributed by atoms with Crippen molar-refractivity contribution in [3.8, 4) is 5.75 Å². The van der Waals surface area contributed by atoms with Gasteiger partial charge in [0.2, 0.25) is 0 Å². The van der Waals surface area contributed by atoms with E-state index in [0.29, 0.717) is 11.5 Å². The molecule has 0 radical (unpaired) electrons. The molecule has 2 aromatic rings. The van der Waals surface area contributed by atoms with E-state index in [9.17, 15) is 4.79 Å². The number of allylic oxidation sites excluding steroid dienone is 1. The quantitative estimate of drug-likeness (QED) is 0.372. The molecule has 4 nitrogen and oxygen atoms in total. The van der Waals surface area contributed by atoms with Gasteiger partial charge in [-0.25, -0.2) is 5.84 Å². The first-order valence-electron chi connectivity index (χ1n) is 6.16. The molecule has 0 aliphatic carbocycles. The van der Waals surface area contributed by atoms with Crippen LogP contribution in [0.4, 0.5) is 0 Å². The monoisotopic (exact) mass is 288 g/mol. The number of carbonyl (C=O) groups excluding carboxylic acids is 1. The van der Waals surface area contributed by atoms with Crippen molar-refractivity contribution in [1.29, 1.82) is 0 Å². The molecule has 1 amide bonds. The van der Waals surface area contributed by atoms with Crippen LogP contribution in [0.1, 0.15) is 20.1 Å². The van der Waals surface area contributed by atoms with E-state index in [1.165, 1.54) is 11.3 Å². The lowest BCUT2D eigenvalue weighted by atomic mass is 10.1. The SMILES string of the molecule is C=CCc1ccccc1OCc1ccc(C(=O)NN)s1. The van der Waals surface area contributed by atoms with Crippen LogP contribution in [0.25, 0.3) is 0 Å². The lowest BCUT2D eigenvalue weighted by Gasteiger charge is -2.09. The molecule has 2 rings (SSSR count). The Balaban J connectivity index is 2.03. The van der Waals surface area contributed by atoms with Crippen LogP contribution in [0, 0.1) is 0 Å². The van der Waals surface area contributed by atoms with Crippen LogP contribution in [0.2, 0.25) is 0 Å². The molecule has 1 heterocycles. The van der Waals surface area contributed by atoms with Crippen LogP contribution in [0.5, 0.6) is 5.75 Å². The van der Waals surface area contributed by atoms with Crippen molar-refractivity contribution in [3.05, 3.63) is 64.4 Å². The fraction of sp³-hybridized carbons (Fsp3) is 0.133. The number of carbonyl (C=O) groups is 1. The maximum Gasteiger partial charge on any atom is 0.275 e. The fourth-order valence-electron chi connectivity index (χ4n) is 1.77. The van der Waals surface area contributed by atoms with Gasteiger partial charge < -0.3 is 4.74 Å². The van der Waals surface area contributed by atoms with Crippen LogP contribution in [-0.2, 0) is 13.0 Å². The van der Waals surface area contributed by atoms with E-state index >= 15 is 0 Å². The molecule has 0 bridgehead atoms. The maximum absolute atomic E-state index is 11.4. The third kappa shape index (κ3) is 3.46. The summed E-state index contributed by atoms with van der Waals surface area (Å²) in [5, 5.41) is 0. The number of hydrazine groups is 1. The van der Waals surface area contributed by atoms with Gasteiger partial charge in [-0.2, -0.15) is 0 Å². The Morgan fingerprint density at radius 2 is 2.15 bits per heavy atom. The van der Waals surface area contributed by atoms with Gasteiger partial charge in [0.05, 0.1) is 4.88 Å². The Morgan fingerprint density at radius 3 is 2.90 bits per heavy atom. The second kappa shape index (κ2) is 6.88. The largest absolute Gasteiger partial charge is 0.488 e. The van der Waals surface area contributed by atoms with Crippen LogP contribution < -0.4 is 16.0 Å². The molecule has 0 fully saturated rings. The zero-order valence-electron chi connectivity index (χ0n) is 11.0. The molecule has 0 unspecified atom stereocenters. The Morgan fingerprint density at radius 1 is 1.35 bits per heavy atom. The average molecular weight is 288 g/mol. The lowest BCUT2D eigenvalue weighted by Crippen LogP contribution is -2.29. The summed E-state index contributed by atoms with van der Waals surface area (Å²) in [5.41, 5.74) is 3.21. The van der Waals surface area contributed by atoms with Crippen LogP contribution in [0.15, 0.2) is 49.1 Å². The van der Waals surface area contributed by atoms with E-state index in [2.05, 4.69) is 12.0 Å². The predicted octanol–water partition coefficient (Wildman–Crippen LogP) is 2.66. The molecular formula is C15H16N2O2S.